The number of anilines is 1. The van der Waals surface area contributed by atoms with Crippen LogP contribution in [-0.2, 0) is 34.1 Å². The fraction of sp³-hybridized carbons (Fsp3) is 0.541. The monoisotopic (exact) mass is 775 g/mol. The number of ether oxygens (including phenoxy) is 2. The second kappa shape index (κ2) is 14.8. The number of carbonyl (C=O) groups is 2. The van der Waals surface area contributed by atoms with Gasteiger partial charge in [0, 0.05) is 68.6 Å². The Hall–Kier alpha value is -4.19. The standard InChI is InChI=1S/C37H44F3N5O8S/c1-22-30(43-16-15-42(2)24(19-43)21-51-3)10-9-27-26-11-14-44(20-28(26)36(48)53-33(22)27)35(47)23-17-29(37(38,39)40)32(31(18-23)52-25-7-6-8-25)34(46)41-54(49,50)45-12-4-5-13-45/h9-10,17-18,24-25H,4-8,11-16,19-21H2,1-3H3,(H,41,46)/t24-/m1/s1. The zero-order chi connectivity index (χ0) is 38.5. The van der Waals surface area contributed by atoms with E-state index in [2.05, 4.69) is 16.8 Å². The highest BCUT2D eigenvalue weighted by Gasteiger charge is 2.41. The van der Waals surface area contributed by atoms with Gasteiger partial charge in [-0.3, -0.25) is 14.5 Å². The number of nitrogens with one attached hydrogen (secondary N) is 1. The third-order valence-electron chi connectivity index (χ3n) is 11.1. The number of piperazine rings is 1. The number of methoxy groups -OCH3 is 1. The molecule has 0 unspecified atom stereocenters. The van der Waals surface area contributed by atoms with E-state index < -0.39 is 62.4 Å². The van der Waals surface area contributed by atoms with Gasteiger partial charge >= 0.3 is 22.0 Å². The topological polar surface area (TPSA) is 142 Å². The van der Waals surface area contributed by atoms with Gasteiger partial charge in [-0.15, -0.1) is 0 Å². The predicted molar refractivity (Wildman–Crippen MR) is 193 cm³/mol. The highest BCUT2D eigenvalue weighted by molar-refractivity contribution is 7.87. The minimum absolute atomic E-state index is 0.0961. The zero-order valence-corrected chi connectivity index (χ0v) is 31.3. The number of benzene rings is 2. The van der Waals surface area contributed by atoms with Crippen molar-refractivity contribution in [3.63, 3.8) is 0 Å². The van der Waals surface area contributed by atoms with Crippen molar-refractivity contribution in [1.29, 1.82) is 0 Å². The molecular weight excluding hydrogens is 731 g/mol. The highest BCUT2D eigenvalue weighted by atomic mass is 32.2. The molecule has 0 bridgehead atoms. The van der Waals surface area contributed by atoms with Crippen molar-refractivity contribution in [2.75, 3.05) is 64.9 Å². The van der Waals surface area contributed by atoms with Gasteiger partial charge in [0.2, 0.25) is 0 Å². The number of alkyl halides is 3. The van der Waals surface area contributed by atoms with E-state index in [4.69, 9.17) is 13.9 Å². The summed E-state index contributed by atoms with van der Waals surface area (Å²) in [6.45, 7) is 4.98. The summed E-state index contributed by atoms with van der Waals surface area (Å²) in [5, 5.41) is 0.732. The summed E-state index contributed by atoms with van der Waals surface area (Å²) in [4.78, 5) is 46.7. The largest absolute Gasteiger partial charge is 0.490 e. The number of amides is 2. The molecule has 17 heteroatoms. The average Bonchev–Trinajstić information content (AvgIpc) is 3.67. The van der Waals surface area contributed by atoms with Crippen LogP contribution >= 0.6 is 0 Å². The molecule has 3 fully saturated rings. The zero-order valence-electron chi connectivity index (χ0n) is 30.5. The molecule has 4 aliphatic rings. The lowest BCUT2D eigenvalue weighted by Gasteiger charge is -2.41. The van der Waals surface area contributed by atoms with E-state index in [9.17, 15) is 36.0 Å². The van der Waals surface area contributed by atoms with Gasteiger partial charge in [0.15, 0.2) is 0 Å². The molecule has 7 rings (SSSR count). The summed E-state index contributed by atoms with van der Waals surface area (Å²) in [5.74, 6) is -2.84. The lowest BCUT2D eigenvalue weighted by atomic mass is 9.94. The smallest absolute Gasteiger partial charge is 0.417 e. The minimum Gasteiger partial charge on any atom is -0.490 e. The van der Waals surface area contributed by atoms with Crippen molar-refractivity contribution in [3.05, 3.63) is 68.1 Å². The SMILES string of the molecule is COC[C@H]1CN(c2ccc3c4c(c(=O)oc3c2C)CN(C(=O)c2cc(OC3CCC3)c(C(=O)NS(=O)(=O)N3CCCC3)c(C(F)(F)F)c2)CC4)CCN1C. The van der Waals surface area contributed by atoms with Crippen LogP contribution in [-0.4, -0.2) is 107 Å². The molecule has 4 heterocycles. The number of nitrogens with zero attached hydrogens (tertiary/aromatic N) is 4. The number of halogens is 3. The first-order chi connectivity index (χ1) is 25.7. The van der Waals surface area contributed by atoms with E-state index in [1.165, 1.54) is 4.90 Å². The Morgan fingerprint density at radius 3 is 2.43 bits per heavy atom. The molecule has 1 atom stereocenters. The molecule has 1 N–H and O–H groups in total. The number of carbonyl (C=O) groups excluding carboxylic acids is 2. The third-order valence-corrected chi connectivity index (χ3v) is 12.6. The molecule has 3 aromatic rings. The molecule has 1 aliphatic carbocycles. The van der Waals surface area contributed by atoms with Gasteiger partial charge in [0.25, 0.3) is 11.8 Å². The first-order valence-electron chi connectivity index (χ1n) is 18.2. The first kappa shape index (κ1) is 38.1. The van der Waals surface area contributed by atoms with Gasteiger partial charge in [-0.05, 0) is 82.3 Å². The Kier molecular flexibility index (Phi) is 10.4. The number of hydrogen-bond donors (Lipinski definition) is 1. The summed E-state index contributed by atoms with van der Waals surface area (Å²) in [7, 11) is -0.695. The Morgan fingerprint density at radius 1 is 1.02 bits per heavy atom. The second-order valence-electron chi connectivity index (χ2n) is 14.6. The van der Waals surface area contributed by atoms with Gasteiger partial charge in [-0.1, -0.05) is 0 Å². The van der Waals surface area contributed by atoms with Crippen molar-refractivity contribution in [3.8, 4) is 5.75 Å². The summed E-state index contributed by atoms with van der Waals surface area (Å²) < 4.78 is 89.8. The molecule has 54 heavy (non-hydrogen) atoms. The van der Waals surface area contributed by atoms with E-state index in [-0.39, 0.29) is 44.2 Å². The first-order valence-corrected chi connectivity index (χ1v) is 19.7. The maximum atomic E-state index is 14.7. The van der Waals surface area contributed by atoms with E-state index in [0.717, 1.165) is 53.1 Å². The molecule has 2 amide bonds. The molecule has 0 radical (unpaired) electrons. The van der Waals surface area contributed by atoms with Crippen LogP contribution in [0.25, 0.3) is 11.0 Å². The fourth-order valence-corrected chi connectivity index (χ4v) is 9.01. The van der Waals surface area contributed by atoms with Crippen molar-refractivity contribution in [2.45, 2.75) is 70.3 Å². The van der Waals surface area contributed by atoms with Gasteiger partial charge in [-0.2, -0.15) is 25.9 Å². The Labute approximate surface area is 311 Å². The normalized spacial score (nSPS) is 20.2. The summed E-state index contributed by atoms with van der Waals surface area (Å²) in [5.41, 5.74) is -0.408. The van der Waals surface area contributed by atoms with Crippen molar-refractivity contribution in [1.82, 2.24) is 18.8 Å². The van der Waals surface area contributed by atoms with Crippen molar-refractivity contribution >= 4 is 38.7 Å². The van der Waals surface area contributed by atoms with Gasteiger partial charge < -0.3 is 23.7 Å². The minimum atomic E-state index is -5.15. The van der Waals surface area contributed by atoms with Crippen LogP contribution in [0, 0.1) is 6.92 Å². The van der Waals surface area contributed by atoms with Crippen LogP contribution in [0.2, 0.25) is 0 Å². The molecular formula is C37H44F3N5O8S. The quantitative estimate of drug-likeness (QED) is 0.316. The van der Waals surface area contributed by atoms with Crippen molar-refractivity contribution < 1.29 is 45.1 Å². The van der Waals surface area contributed by atoms with E-state index in [1.54, 1.807) is 11.8 Å². The molecule has 13 nitrogen and oxygen atoms in total. The van der Waals surface area contributed by atoms with E-state index >= 15 is 0 Å². The Morgan fingerprint density at radius 2 is 1.76 bits per heavy atom. The summed E-state index contributed by atoms with van der Waals surface area (Å²) >= 11 is 0. The number of rotatable bonds is 9. The molecule has 2 aromatic carbocycles. The van der Waals surface area contributed by atoms with Gasteiger partial charge in [0.1, 0.15) is 11.3 Å². The number of hydrogen-bond acceptors (Lipinski definition) is 10. The van der Waals surface area contributed by atoms with Crippen LogP contribution in [0.5, 0.6) is 5.75 Å². The molecule has 3 aliphatic heterocycles. The molecule has 1 saturated carbocycles. The Balaban J connectivity index is 1.19. The molecule has 2 saturated heterocycles. The third kappa shape index (κ3) is 7.30. The number of likely N-dealkylation sites (N-methyl/N-ethyl adjacent to an activating group) is 1. The Bertz CT molecular complexity index is 2130. The van der Waals surface area contributed by atoms with Gasteiger partial charge in [-0.25, -0.2) is 9.52 Å². The van der Waals surface area contributed by atoms with Crippen LogP contribution < -0.4 is 20.0 Å². The van der Waals surface area contributed by atoms with Crippen LogP contribution in [0.4, 0.5) is 18.9 Å². The number of fused-ring (bicyclic) bond motifs is 3. The van der Waals surface area contributed by atoms with Crippen LogP contribution in [0.3, 0.4) is 0 Å². The van der Waals surface area contributed by atoms with E-state index in [0.29, 0.717) is 49.5 Å². The summed E-state index contributed by atoms with van der Waals surface area (Å²) in [6.07, 6.45) is -2.50. The van der Waals surface area contributed by atoms with Crippen LogP contribution in [0.15, 0.2) is 33.5 Å². The molecule has 0 spiro atoms. The lowest BCUT2D eigenvalue weighted by Crippen LogP contribution is -2.53. The van der Waals surface area contributed by atoms with E-state index in [1.807, 2.05) is 19.1 Å². The van der Waals surface area contributed by atoms with Crippen LogP contribution in [0.1, 0.15) is 75.1 Å². The van der Waals surface area contributed by atoms with Gasteiger partial charge in [0.05, 0.1) is 42.0 Å². The molecule has 292 valence electrons. The summed E-state index contributed by atoms with van der Waals surface area (Å²) in [6, 6.07) is 5.71. The highest BCUT2D eigenvalue weighted by Crippen LogP contribution is 2.40. The predicted octanol–water partition coefficient (Wildman–Crippen LogP) is 4.09. The maximum Gasteiger partial charge on any atom is 0.417 e. The maximum absolute atomic E-state index is 14.7. The fourth-order valence-electron chi connectivity index (χ4n) is 7.81. The second-order valence-corrected chi connectivity index (χ2v) is 16.2. The molecule has 1 aromatic heterocycles. The number of aryl methyl sites for hydroxylation is 1. The van der Waals surface area contributed by atoms with Crippen molar-refractivity contribution in [2.24, 2.45) is 0 Å². The lowest BCUT2D eigenvalue weighted by molar-refractivity contribution is -0.138. The average molecular weight is 776 g/mol.